The summed E-state index contributed by atoms with van der Waals surface area (Å²) in [5, 5.41) is 20.9. The number of aliphatic hydroxyl groups is 2. The monoisotopic (exact) mass is 383 g/mol. The lowest BCUT2D eigenvalue weighted by molar-refractivity contribution is -0.210. The Morgan fingerprint density at radius 1 is 1.15 bits per heavy atom. The molecule has 0 unspecified atom stereocenters. The number of hydrogen-bond acceptors (Lipinski definition) is 5. The second-order valence-corrected chi connectivity index (χ2v) is 6.58. The van der Waals surface area contributed by atoms with Gasteiger partial charge in [0.25, 0.3) is 16.9 Å². The van der Waals surface area contributed by atoms with E-state index < -0.39 is 29.7 Å². The molecule has 0 bridgehead atoms. The average molecular weight is 383 g/mol. The highest BCUT2D eigenvalue weighted by Gasteiger charge is 2.51. The van der Waals surface area contributed by atoms with E-state index in [0.29, 0.717) is 17.3 Å². The fraction of sp³-hybridized carbons (Fsp3) is 0.176. The Balaban J connectivity index is 1.97. The van der Waals surface area contributed by atoms with Crippen molar-refractivity contribution in [2.24, 2.45) is 0 Å². The maximum atomic E-state index is 12.4. The summed E-state index contributed by atoms with van der Waals surface area (Å²) in [6, 6.07) is 12.4. The molecule has 0 atom stereocenters. The first-order valence-electron chi connectivity index (χ1n) is 7.35. The molecule has 2 aromatic carbocycles. The number of ketones is 1. The van der Waals surface area contributed by atoms with Crippen LogP contribution in [0.3, 0.4) is 0 Å². The zero-order valence-electron chi connectivity index (χ0n) is 13.0. The van der Waals surface area contributed by atoms with Crippen LogP contribution in [0, 0.1) is 0 Å². The van der Waals surface area contributed by atoms with Crippen molar-refractivity contribution in [2.45, 2.75) is 12.1 Å². The van der Waals surface area contributed by atoms with Crippen molar-refractivity contribution in [1.82, 2.24) is 4.90 Å². The zero-order valence-corrected chi connectivity index (χ0v) is 13.8. The van der Waals surface area contributed by atoms with Gasteiger partial charge in [-0.2, -0.15) is 13.2 Å². The van der Waals surface area contributed by atoms with Crippen LogP contribution in [0.15, 0.2) is 47.4 Å². The summed E-state index contributed by atoms with van der Waals surface area (Å²) < 4.78 is 37.3. The molecule has 5 nitrogen and oxygen atoms in total. The van der Waals surface area contributed by atoms with Gasteiger partial charge in [0.05, 0.1) is 11.4 Å². The lowest BCUT2D eigenvalue weighted by atomic mass is 10.0. The van der Waals surface area contributed by atoms with E-state index in [1.807, 2.05) is 18.2 Å². The van der Waals surface area contributed by atoms with E-state index >= 15 is 0 Å². The number of thioether (sulfide) groups is 1. The Morgan fingerprint density at radius 2 is 1.81 bits per heavy atom. The van der Waals surface area contributed by atoms with Gasteiger partial charge in [0.1, 0.15) is 0 Å². The Morgan fingerprint density at radius 3 is 2.50 bits per heavy atom. The number of nitrogens with zero attached hydrogens (tertiary/aromatic N) is 1. The number of hydrogen-bond donors (Lipinski definition) is 2. The fourth-order valence-corrected chi connectivity index (χ4v) is 3.45. The van der Waals surface area contributed by atoms with Gasteiger partial charge in [0.15, 0.2) is 0 Å². The minimum absolute atomic E-state index is 0.0878. The molecule has 1 fully saturated rings. The maximum absolute atomic E-state index is 12.4. The topological polar surface area (TPSA) is 77.8 Å². The molecule has 0 saturated carbocycles. The van der Waals surface area contributed by atoms with E-state index in [2.05, 4.69) is 0 Å². The molecule has 2 N–H and O–H groups in total. The predicted molar refractivity (Wildman–Crippen MR) is 89.8 cm³/mol. The first-order valence-corrected chi connectivity index (χ1v) is 8.16. The molecule has 2 aromatic rings. The number of rotatable bonds is 3. The van der Waals surface area contributed by atoms with Crippen LogP contribution in [0.1, 0.15) is 5.56 Å². The van der Waals surface area contributed by atoms with Crippen molar-refractivity contribution in [3.8, 4) is 0 Å². The van der Waals surface area contributed by atoms with Gasteiger partial charge < -0.3 is 10.2 Å². The van der Waals surface area contributed by atoms with Crippen molar-refractivity contribution in [1.29, 1.82) is 0 Å². The van der Waals surface area contributed by atoms with Gasteiger partial charge in [-0.25, -0.2) is 0 Å². The number of carbonyl (C=O) groups is 2. The van der Waals surface area contributed by atoms with Crippen LogP contribution in [0.4, 0.5) is 18.0 Å². The quantitative estimate of drug-likeness (QED) is 0.797. The average Bonchev–Trinajstić information content (AvgIpc) is 2.77. The molecule has 1 aliphatic heterocycles. The van der Waals surface area contributed by atoms with Crippen LogP contribution in [-0.2, 0) is 4.79 Å². The van der Waals surface area contributed by atoms with E-state index in [-0.39, 0.29) is 9.81 Å². The normalized spacial score (nSPS) is 18.7. The summed E-state index contributed by atoms with van der Waals surface area (Å²) in [6.07, 6.45) is -3.87. The van der Waals surface area contributed by atoms with Crippen LogP contribution in [0.5, 0.6) is 0 Å². The Bertz CT molecular complexity index is 918. The lowest BCUT2D eigenvalue weighted by Crippen LogP contribution is -2.50. The minimum Gasteiger partial charge on any atom is -0.344 e. The SMILES string of the molecule is O=C1S/C(=C\c2cccc3ccccc23)C(O)(O)N1CC(=O)C(F)(F)F. The highest BCUT2D eigenvalue weighted by atomic mass is 32.2. The summed E-state index contributed by atoms with van der Waals surface area (Å²) >= 11 is 0.365. The molecule has 9 heteroatoms. The van der Waals surface area contributed by atoms with Gasteiger partial charge >= 0.3 is 6.18 Å². The Hall–Kier alpha value is -2.36. The number of fused-ring (bicyclic) bond motifs is 1. The summed E-state index contributed by atoms with van der Waals surface area (Å²) in [4.78, 5) is 22.9. The molecule has 0 aromatic heterocycles. The van der Waals surface area contributed by atoms with Crippen molar-refractivity contribution >= 4 is 39.6 Å². The molecule has 136 valence electrons. The van der Waals surface area contributed by atoms with Crippen molar-refractivity contribution in [2.75, 3.05) is 6.54 Å². The predicted octanol–water partition coefficient (Wildman–Crippen LogP) is 3.12. The van der Waals surface area contributed by atoms with Gasteiger partial charge in [-0.1, -0.05) is 42.5 Å². The molecule has 3 rings (SSSR count). The third-order valence-corrected chi connectivity index (χ3v) is 4.86. The van der Waals surface area contributed by atoms with Gasteiger partial charge in [-0.3, -0.25) is 14.5 Å². The number of Topliss-reactive ketones (excluding diaryl/α,β-unsaturated/α-hetero) is 1. The maximum Gasteiger partial charge on any atom is 0.451 e. The smallest absolute Gasteiger partial charge is 0.344 e. The van der Waals surface area contributed by atoms with E-state index in [1.54, 1.807) is 24.3 Å². The molecule has 1 aliphatic rings. The number of amides is 1. The van der Waals surface area contributed by atoms with Crippen LogP contribution < -0.4 is 0 Å². The van der Waals surface area contributed by atoms with E-state index in [1.165, 1.54) is 6.08 Å². The second-order valence-electron chi connectivity index (χ2n) is 5.59. The van der Waals surface area contributed by atoms with E-state index in [0.717, 1.165) is 10.8 Å². The first kappa shape index (κ1) is 18.4. The zero-order chi connectivity index (χ0) is 19.1. The first-order chi connectivity index (χ1) is 12.1. The van der Waals surface area contributed by atoms with Gasteiger partial charge in [-0.05, 0) is 34.2 Å². The van der Waals surface area contributed by atoms with Crippen molar-refractivity contribution < 1.29 is 33.0 Å². The van der Waals surface area contributed by atoms with Crippen molar-refractivity contribution in [3.05, 3.63) is 52.9 Å². The number of carbonyl (C=O) groups excluding carboxylic acids is 2. The van der Waals surface area contributed by atoms with Gasteiger partial charge in [0.2, 0.25) is 0 Å². The van der Waals surface area contributed by atoms with E-state index in [9.17, 15) is 33.0 Å². The summed E-state index contributed by atoms with van der Waals surface area (Å²) in [7, 11) is 0. The number of halogens is 3. The van der Waals surface area contributed by atoms with Gasteiger partial charge in [-0.15, -0.1) is 0 Å². The molecule has 1 heterocycles. The molecule has 0 aliphatic carbocycles. The second kappa shape index (κ2) is 6.42. The third-order valence-electron chi connectivity index (χ3n) is 3.85. The summed E-state index contributed by atoms with van der Waals surface area (Å²) in [5.74, 6) is -5.25. The molecule has 1 amide bonds. The van der Waals surface area contributed by atoms with Crippen LogP contribution in [0.2, 0.25) is 0 Å². The number of alkyl halides is 3. The highest BCUT2D eigenvalue weighted by molar-refractivity contribution is 8.17. The molecular weight excluding hydrogens is 371 g/mol. The van der Waals surface area contributed by atoms with Crippen LogP contribution >= 0.6 is 11.8 Å². The van der Waals surface area contributed by atoms with Crippen LogP contribution in [0.25, 0.3) is 16.8 Å². The van der Waals surface area contributed by atoms with E-state index in [4.69, 9.17) is 0 Å². The molecule has 26 heavy (non-hydrogen) atoms. The molecule has 0 radical (unpaired) electrons. The highest BCUT2D eigenvalue weighted by Crippen LogP contribution is 2.42. The molecule has 0 spiro atoms. The standard InChI is InChI=1S/C17H12F3NO4S/c18-16(19,20)13(22)9-21-15(23)26-14(17(21,24)25)8-11-6-3-5-10-4-1-2-7-12(10)11/h1-8,24-25H,9H2/b14-8-. The molecular formula is C17H12F3NO4S. The lowest BCUT2D eigenvalue weighted by Gasteiger charge is -2.27. The largest absolute Gasteiger partial charge is 0.451 e. The van der Waals surface area contributed by atoms with Crippen LogP contribution in [-0.4, -0.2) is 44.8 Å². The fourth-order valence-electron chi connectivity index (χ4n) is 2.53. The third kappa shape index (κ3) is 3.33. The summed E-state index contributed by atoms with van der Waals surface area (Å²) in [6.45, 7) is -1.48. The Kier molecular flexibility index (Phi) is 4.55. The number of benzene rings is 2. The van der Waals surface area contributed by atoms with Gasteiger partial charge in [0, 0.05) is 0 Å². The minimum atomic E-state index is -5.18. The Labute approximate surface area is 149 Å². The molecule has 1 saturated heterocycles. The van der Waals surface area contributed by atoms with Crippen molar-refractivity contribution in [3.63, 3.8) is 0 Å². The summed E-state index contributed by atoms with van der Waals surface area (Å²) in [5.41, 5.74) is 0.551.